The van der Waals surface area contributed by atoms with Crippen molar-refractivity contribution in [3.05, 3.63) is 65.2 Å². The summed E-state index contributed by atoms with van der Waals surface area (Å²) in [6.07, 6.45) is -0.00722. The number of nitrogens with two attached hydrogens (primary N) is 2. The summed E-state index contributed by atoms with van der Waals surface area (Å²) in [6, 6.07) is 12.4. The van der Waals surface area contributed by atoms with E-state index < -0.39 is 22.1 Å². The van der Waals surface area contributed by atoms with Crippen LogP contribution in [0.25, 0.3) is 0 Å². The summed E-state index contributed by atoms with van der Waals surface area (Å²) in [6.45, 7) is 1.88. The number of primary sulfonamides is 1. The number of primary amides is 1. The Kier molecular flexibility index (Phi) is 6.54. The van der Waals surface area contributed by atoms with Crippen molar-refractivity contribution in [1.82, 2.24) is 5.32 Å². The monoisotopic (exact) mass is 390 g/mol. The lowest BCUT2D eigenvalue weighted by molar-refractivity contribution is -0.116. The highest BCUT2D eigenvalue weighted by Crippen LogP contribution is 2.21. The van der Waals surface area contributed by atoms with E-state index in [9.17, 15) is 18.0 Å². The van der Waals surface area contributed by atoms with Gasteiger partial charge in [-0.05, 0) is 35.7 Å². The summed E-state index contributed by atoms with van der Waals surface area (Å²) in [4.78, 5) is 23.7. The quantitative estimate of drug-likeness (QED) is 0.568. The molecule has 3 amide bonds. The molecule has 6 N–H and O–H groups in total. The number of amides is 3. The van der Waals surface area contributed by atoms with E-state index >= 15 is 0 Å². The second kappa shape index (κ2) is 8.65. The first-order valence-electron chi connectivity index (χ1n) is 8.15. The first kappa shape index (κ1) is 20.4. The minimum atomic E-state index is -3.61. The average Bonchev–Trinajstić information content (AvgIpc) is 2.55. The summed E-state index contributed by atoms with van der Waals surface area (Å²) in [7, 11) is -3.61. The van der Waals surface area contributed by atoms with Crippen molar-refractivity contribution in [3.8, 4) is 0 Å². The van der Waals surface area contributed by atoms with Crippen LogP contribution in [0.4, 0.5) is 10.5 Å². The van der Waals surface area contributed by atoms with Crippen LogP contribution in [0.15, 0.2) is 48.5 Å². The molecule has 1 atom stereocenters. The smallest absolute Gasteiger partial charge is 0.312 e. The summed E-state index contributed by atoms with van der Waals surface area (Å²) >= 11 is 0. The average molecular weight is 390 g/mol. The molecule has 9 heteroatoms. The van der Waals surface area contributed by atoms with Gasteiger partial charge in [-0.2, -0.15) is 0 Å². The number of nitrogens with one attached hydrogen (secondary N) is 2. The lowest BCUT2D eigenvalue weighted by Gasteiger charge is -2.19. The molecule has 1 unspecified atom stereocenters. The molecule has 144 valence electrons. The van der Waals surface area contributed by atoms with E-state index in [1.54, 1.807) is 24.3 Å². The molecule has 0 saturated heterocycles. The van der Waals surface area contributed by atoms with Gasteiger partial charge < -0.3 is 16.4 Å². The third-order valence-electron chi connectivity index (χ3n) is 3.88. The summed E-state index contributed by atoms with van der Waals surface area (Å²) in [5, 5.41) is 10.3. The van der Waals surface area contributed by atoms with Crippen LogP contribution in [-0.4, -0.2) is 20.4 Å². The zero-order valence-electron chi connectivity index (χ0n) is 14.8. The highest BCUT2D eigenvalue weighted by molar-refractivity contribution is 7.88. The molecule has 0 fully saturated rings. The number of carbonyl (C=O) groups is 2. The van der Waals surface area contributed by atoms with Gasteiger partial charge in [0.25, 0.3) is 0 Å². The second-order valence-electron chi connectivity index (χ2n) is 6.17. The predicted octanol–water partition coefficient (Wildman–Crippen LogP) is 1.52. The Bertz CT molecular complexity index is 927. The summed E-state index contributed by atoms with van der Waals surface area (Å²) in [5.74, 6) is -0.602. The van der Waals surface area contributed by atoms with Crippen LogP contribution < -0.4 is 21.5 Å². The Balaban J connectivity index is 2.07. The van der Waals surface area contributed by atoms with Crippen molar-refractivity contribution in [1.29, 1.82) is 0 Å². The van der Waals surface area contributed by atoms with Gasteiger partial charge in [0.1, 0.15) is 0 Å². The van der Waals surface area contributed by atoms with E-state index in [0.29, 0.717) is 11.3 Å². The number of hydrogen-bond donors (Lipinski definition) is 4. The van der Waals surface area contributed by atoms with Crippen LogP contribution in [0, 0.1) is 6.92 Å². The first-order valence-corrected chi connectivity index (χ1v) is 9.86. The fourth-order valence-electron chi connectivity index (χ4n) is 2.70. The third kappa shape index (κ3) is 6.72. The Morgan fingerprint density at radius 1 is 1.07 bits per heavy atom. The summed E-state index contributed by atoms with van der Waals surface area (Å²) < 4.78 is 22.2. The van der Waals surface area contributed by atoms with Crippen molar-refractivity contribution >= 4 is 27.6 Å². The van der Waals surface area contributed by atoms with Crippen LogP contribution in [0.2, 0.25) is 0 Å². The highest BCUT2D eigenvalue weighted by Gasteiger charge is 2.19. The van der Waals surface area contributed by atoms with Gasteiger partial charge in [0.2, 0.25) is 15.9 Å². The zero-order valence-corrected chi connectivity index (χ0v) is 15.6. The van der Waals surface area contributed by atoms with Crippen LogP contribution >= 0.6 is 0 Å². The van der Waals surface area contributed by atoms with E-state index in [1.165, 1.54) is 0 Å². The molecule has 2 aromatic rings. The van der Waals surface area contributed by atoms with Crippen LogP contribution in [0.1, 0.15) is 29.2 Å². The van der Waals surface area contributed by atoms with Crippen molar-refractivity contribution in [2.45, 2.75) is 25.1 Å². The standard InChI is InChI=1S/C18H22N4O4S/c1-12-4-2-3-5-15(12)16(22-18(19)24)10-17(23)21-14-8-6-13(7-9-14)11-27(20,25)26/h2-9,16H,10-11H2,1H3,(H,21,23)(H3,19,22,24)(H2,20,25,26). The Labute approximate surface area is 158 Å². The zero-order chi connectivity index (χ0) is 20.0. The number of aryl methyl sites for hydroxylation is 1. The number of hydrogen-bond acceptors (Lipinski definition) is 4. The van der Waals surface area contributed by atoms with Gasteiger partial charge in [0, 0.05) is 5.69 Å². The molecule has 2 aromatic carbocycles. The second-order valence-corrected chi connectivity index (χ2v) is 7.79. The van der Waals surface area contributed by atoms with Crippen LogP contribution in [0.5, 0.6) is 0 Å². The topological polar surface area (TPSA) is 144 Å². The van der Waals surface area contributed by atoms with Gasteiger partial charge in [-0.25, -0.2) is 18.4 Å². The van der Waals surface area contributed by atoms with Gasteiger partial charge in [0.05, 0.1) is 18.2 Å². The van der Waals surface area contributed by atoms with Crippen molar-refractivity contribution in [3.63, 3.8) is 0 Å². The van der Waals surface area contributed by atoms with Crippen molar-refractivity contribution in [2.24, 2.45) is 10.9 Å². The Morgan fingerprint density at radius 3 is 2.26 bits per heavy atom. The normalized spacial score (nSPS) is 12.2. The third-order valence-corrected chi connectivity index (χ3v) is 4.61. The van der Waals surface area contributed by atoms with E-state index in [1.807, 2.05) is 31.2 Å². The molecule has 0 heterocycles. The van der Waals surface area contributed by atoms with Gasteiger partial charge in [-0.15, -0.1) is 0 Å². The molecule has 0 aliphatic heterocycles. The molecule has 8 nitrogen and oxygen atoms in total. The molecular weight excluding hydrogens is 368 g/mol. The fourth-order valence-corrected chi connectivity index (χ4v) is 3.36. The lowest BCUT2D eigenvalue weighted by atomic mass is 9.98. The molecule has 0 aliphatic carbocycles. The molecular formula is C18H22N4O4S. The molecule has 0 spiro atoms. The van der Waals surface area contributed by atoms with E-state index in [2.05, 4.69) is 10.6 Å². The van der Waals surface area contributed by atoms with E-state index in [-0.39, 0.29) is 18.1 Å². The number of sulfonamides is 1. The SMILES string of the molecule is Cc1ccccc1C(CC(=O)Nc1ccc(CS(N)(=O)=O)cc1)NC(N)=O. The first-order chi connectivity index (χ1) is 12.6. The number of benzene rings is 2. The summed E-state index contributed by atoms with van der Waals surface area (Å²) in [5.41, 5.74) is 7.98. The Hall–Kier alpha value is -2.91. The van der Waals surface area contributed by atoms with Crippen LogP contribution in [0.3, 0.4) is 0 Å². The maximum Gasteiger partial charge on any atom is 0.312 e. The fraction of sp³-hybridized carbons (Fsp3) is 0.222. The molecule has 0 aromatic heterocycles. The van der Waals surface area contributed by atoms with E-state index in [0.717, 1.165) is 11.1 Å². The lowest BCUT2D eigenvalue weighted by Crippen LogP contribution is -2.35. The highest BCUT2D eigenvalue weighted by atomic mass is 32.2. The van der Waals surface area contributed by atoms with Gasteiger partial charge >= 0.3 is 6.03 Å². The van der Waals surface area contributed by atoms with Crippen molar-refractivity contribution in [2.75, 3.05) is 5.32 Å². The molecule has 0 aliphatic rings. The number of rotatable bonds is 7. The minimum Gasteiger partial charge on any atom is -0.352 e. The minimum absolute atomic E-state index is 0.00722. The molecule has 0 radical (unpaired) electrons. The van der Waals surface area contributed by atoms with Gasteiger partial charge in [-0.3, -0.25) is 4.79 Å². The number of anilines is 1. The maximum atomic E-state index is 12.4. The number of carbonyl (C=O) groups excluding carboxylic acids is 2. The molecule has 0 saturated carbocycles. The number of urea groups is 1. The Morgan fingerprint density at radius 2 is 1.70 bits per heavy atom. The maximum absolute atomic E-state index is 12.4. The van der Waals surface area contributed by atoms with E-state index in [4.69, 9.17) is 10.9 Å². The molecule has 2 rings (SSSR count). The molecule has 0 bridgehead atoms. The van der Waals surface area contributed by atoms with Crippen molar-refractivity contribution < 1.29 is 18.0 Å². The van der Waals surface area contributed by atoms with Crippen LogP contribution in [-0.2, 0) is 20.6 Å². The molecule has 27 heavy (non-hydrogen) atoms. The van der Waals surface area contributed by atoms with Gasteiger partial charge in [-0.1, -0.05) is 36.4 Å². The largest absolute Gasteiger partial charge is 0.352 e. The predicted molar refractivity (Wildman–Crippen MR) is 103 cm³/mol. The van der Waals surface area contributed by atoms with Gasteiger partial charge in [0.15, 0.2) is 0 Å².